The molecule has 0 spiro atoms. The van der Waals surface area contributed by atoms with Gasteiger partial charge in [0.2, 0.25) is 0 Å². The lowest BCUT2D eigenvalue weighted by Gasteiger charge is -2.06. The molecule has 0 aliphatic carbocycles. The summed E-state index contributed by atoms with van der Waals surface area (Å²) in [5.41, 5.74) is 4.25. The van der Waals surface area contributed by atoms with Crippen LogP contribution in [0.2, 0.25) is 0 Å². The minimum Gasteiger partial charge on any atom is -0.441 e. The van der Waals surface area contributed by atoms with Crippen LogP contribution < -0.4 is 5.32 Å². The van der Waals surface area contributed by atoms with Crippen molar-refractivity contribution in [2.75, 3.05) is 0 Å². The summed E-state index contributed by atoms with van der Waals surface area (Å²) >= 11 is 0. The van der Waals surface area contributed by atoms with Crippen LogP contribution in [0.4, 0.5) is 0 Å². The number of aryl methyl sites for hydroxylation is 2. The summed E-state index contributed by atoms with van der Waals surface area (Å²) in [5, 5.41) is 2.92. The van der Waals surface area contributed by atoms with E-state index < -0.39 is 0 Å². The van der Waals surface area contributed by atoms with Crippen molar-refractivity contribution < 1.29 is 9.21 Å². The van der Waals surface area contributed by atoms with Crippen LogP contribution in [-0.2, 0) is 6.54 Å². The zero-order valence-corrected chi connectivity index (χ0v) is 12.0. The zero-order chi connectivity index (χ0) is 14.8. The van der Waals surface area contributed by atoms with Crippen molar-refractivity contribution in [2.24, 2.45) is 0 Å². The standard InChI is InChI=1S/C17H16N2O2/c1-11-4-3-5-13(8-11)10-18-17(20)14-6-7-16-15(9-14)19-12(2)21-16/h3-9H,10H2,1-2H3,(H,18,20). The van der Waals surface area contributed by atoms with Gasteiger partial charge in [0.15, 0.2) is 11.5 Å². The fraction of sp³-hybridized carbons (Fsp3) is 0.176. The summed E-state index contributed by atoms with van der Waals surface area (Å²) in [5.74, 6) is 0.487. The zero-order valence-electron chi connectivity index (χ0n) is 12.0. The second-order valence-corrected chi connectivity index (χ2v) is 5.09. The fourth-order valence-corrected chi connectivity index (χ4v) is 2.29. The molecule has 0 radical (unpaired) electrons. The van der Waals surface area contributed by atoms with Gasteiger partial charge in [0.05, 0.1) is 0 Å². The molecular weight excluding hydrogens is 264 g/mol. The summed E-state index contributed by atoms with van der Waals surface area (Å²) in [6.07, 6.45) is 0. The third-order valence-electron chi connectivity index (χ3n) is 3.29. The summed E-state index contributed by atoms with van der Waals surface area (Å²) in [4.78, 5) is 16.4. The van der Waals surface area contributed by atoms with Crippen molar-refractivity contribution in [1.82, 2.24) is 10.3 Å². The average molecular weight is 280 g/mol. The molecule has 4 nitrogen and oxygen atoms in total. The van der Waals surface area contributed by atoms with E-state index in [-0.39, 0.29) is 5.91 Å². The number of carbonyl (C=O) groups is 1. The maximum Gasteiger partial charge on any atom is 0.251 e. The molecule has 0 fully saturated rings. The van der Waals surface area contributed by atoms with E-state index in [1.54, 1.807) is 25.1 Å². The van der Waals surface area contributed by atoms with Crippen molar-refractivity contribution in [1.29, 1.82) is 0 Å². The number of amides is 1. The van der Waals surface area contributed by atoms with E-state index >= 15 is 0 Å². The molecule has 0 saturated heterocycles. The molecule has 21 heavy (non-hydrogen) atoms. The van der Waals surface area contributed by atoms with E-state index in [2.05, 4.69) is 16.4 Å². The molecule has 1 heterocycles. The molecule has 0 aliphatic heterocycles. The van der Waals surface area contributed by atoms with Gasteiger partial charge in [-0.15, -0.1) is 0 Å². The van der Waals surface area contributed by atoms with Gasteiger partial charge in [0, 0.05) is 19.0 Å². The van der Waals surface area contributed by atoms with Crippen LogP contribution >= 0.6 is 0 Å². The number of hydrogen-bond donors (Lipinski definition) is 1. The Morgan fingerprint density at radius 2 is 2.05 bits per heavy atom. The van der Waals surface area contributed by atoms with Gasteiger partial charge >= 0.3 is 0 Å². The lowest BCUT2D eigenvalue weighted by molar-refractivity contribution is 0.0951. The SMILES string of the molecule is Cc1cccc(CNC(=O)c2ccc3oc(C)nc3c2)c1. The summed E-state index contributed by atoms with van der Waals surface area (Å²) in [6.45, 7) is 4.33. The van der Waals surface area contributed by atoms with Gasteiger partial charge in [0.1, 0.15) is 5.52 Å². The molecule has 1 aromatic heterocycles. The van der Waals surface area contributed by atoms with E-state index in [1.165, 1.54) is 5.56 Å². The van der Waals surface area contributed by atoms with E-state index in [9.17, 15) is 4.79 Å². The molecule has 4 heteroatoms. The molecule has 3 rings (SSSR count). The number of benzene rings is 2. The maximum atomic E-state index is 12.2. The normalized spacial score (nSPS) is 10.8. The summed E-state index contributed by atoms with van der Waals surface area (Å²) in [7, 11) is 0. The second kappa shape index (κ2) is 5.40. The molecule has 2 aromatic carbocycles. The highest BCUT2D eigenvalue weighted by atomic mass is 16.3. The van der Waals surface area contributed by atoms with Gasteiger partial charge in [-0.1, -0.05) is 29.8 Å². The first-order chi connectivity index (χ1) is 10.1. The average Bonchev–Trinajstić information content (AvgIpc) is 2.84. The Kier molecular flexibility index (Phi) is 3.44. The van der Waals surface area contributed by atoms with Crippen molar-refractivity contribution in [3.63, 3.8) is 0 Å². The molecule has 3 aromatic rings. The summed E-state index contributed by atoms with van der Waals surface area (Å²) in [6, 6.07) is 13.3. The smallest absolute Gasteiger partial charge is 0.251 e. The Morgan fingerprint density at radius 3 is 2.86 bits per heavy atom. The quantitative estimate of drug-likeness (QED) is 0.800. The molecule has 0 unspecified atom stereocenters. The Hall–Kier alpha value is -2.62. The van der Waals surface area contributed by atoms with Gasteiger partial charge in [-0.3, -0.25) is 4.79 Å². The number of fused-ring (bicyclic) bond motifs is 1. The number of nitrogens with zero attached hydrogens (tertiary/aromatic N) is 1. The highest BCUT2D eigenvalue weighted by molar-refractivity contribution is 5.97. The van der Waals surface area contributed by atoms with Gasteiger partial charge in [-0.25, -0.2) is 4.98 Å². The van der Waals surface area contributed by atoms with Crippen molar-refractivity contribution in [3.05, 3.63) is 65.0 Å². The first-order valence-corrected chi connectivity index (χ1v) is 6.83. The number of carbonyl (C=O) groups excluding carboxylic acids is 1. The van der Waals surface area contributed by atoms with Gasteiger partial charge in [-0.2, -0.15) is 0 Å². The minimum absolute atomic E-state index is 0.112. The Morgan fingerprint density at radius 1 is 1.19 bits per heavy atom. The number of hydrogen-bond acceptors (Lipinski definition) is 3. The predicted octanol–water partition coefficient (Wildman–Crippen LogP) is 3.37. The van der Waals surface area contributed by atoms with Crippen LogP contribution in [0.3, 0.4) is 0 Å². The fourth-order valence-electron chi connectivity index (χ4n) is 2.29. The molecule has 0 atom stereocenters. The maximum absolute atomic E-state index is 12.2. The summed E-state index contributed by atoms with van der Waals surface area (Å²) < 4.78 is 5.40. The van der Waals surface area contributed by atoms with Gasteiger partial charge < -0.3 is 9.73 Å². The van der Waals surface area contributed by atoms with Crippen LogP contribution in [-0.4, -0.2) is 10.9 Å². The molecule has 0 aliphatic rings. The minimum atomic E-state index is -0.112. The largest absolute Gasteiger partial charge is 0.441 e. The molecular formula is C17H16N2O2. The highest BCUT2D eigenvalue weighted by Gasteiger charge is 2.09. The molecule has 1 amide bonds. The number of nitrogens with one attached hydrogen (secondary N) is 1. The van der Waals surface area contributed by atoms with Crippen LogP contribution in [0, 0.1) is 13.8 Å². The van der Waals surface area contributed by atoms with Gasteiger partial charge in [0.25, 0.3) is 5.91 Å². The van der Waals surface area contributed by atoms with Crippen molar-refractivity contribution in [3.8, 4) is 0 Å². The van der Waals surface area contributed by atoms with E-state index in [0.29, 0.717) is 29.1 Å². The third-order valence-corrected chi connectivity index (χ3v) is 3.29. The number of oxazole rings is 1. The van der Waals surface area contributed by atoms with Crippen LogP contribution in [0.1, 0.15) is 27.4 Å². The van der Waals surface area contributed by atoms with E-state index in [4.69, 9.17) is 4.42 Å². The van der Waals surface area contributed by atoms with Crippen LogP contribution in [0.15, 0.2) is 46.9 Å². The molecule has 0 bridgehead atoms. The first-order valence-electron chi connectivity index (χ1n) is 6.83. The highest BCUT2D eigenvalue weighted by Crippen LogP contribution is 2.16. The third kappa shape index (κ3) is 2.94. The Labute approximate surface area is 122 Å². The van der Waals surface area contributed by atoms with E-state index in [0.717, 1.165) is 5.56 Å². The molecule has 0 saturated carbocycles. The number of aromatic nitrogens is 1. The Bertz CT molecular complexity index is 805. The first kappa shape index (κ1) is 13.4. The monoisotopic (exact) mass is 280 g/mol. The van der Waals surface area contributed by atoms with Crippen LogP contribution in [0.5, 0.6) is 0 Å². The lowest BCUT2D eigenvalue weighted by Crippen LogP contribution is -2.22. The topological polar surface area (TPSA) is 55.1 Å². The van der Waals surface area contributed by atoms with Crippen molar-refractivity contribution in [2.45, 2.75) is 20.4 Å². The number of rotatable bonds is 3. The van der Waals surface area contributed by atoms with Gasteiger partial charge in [-0.05, 0) is 30.7 Å². The molecule has 1 N–H and O–H groups in total. The lowest BCUT2D eigenvalue weighted by atomic mass is 10.1. The molecule has 106 valence electrons. The second-order valence-electron chi connectivity index (χ2n) is 5.09. The van der Waals surface area contributed by atoms with E-state index in [1.807, 2.05) is 25.1 Å². The van der Waals surface area contributed by atoms with Crippen molar-refractivity contribution >= 4 is 17.0 Å². The van der Waals surface area contributed by atoms with Crippen LogP contribution in [0.25, 0.3) is 11.1 Å². The Balaban J connectivity index is 1.74. The predicted molar refractivity (Wildman–Crippen MR) is 81.1 cm³/mol.